The summed E-state index contributed by atoms with van der Waals surface area (Å²) in [4.78, 5) is 0. The average molecular weight is 333 g/mol. The van der Waals surface area contributed by atoms with Gasteiger partial charge in [-0.15, -0.1) is 0 Å². The SMILES string of the molecule is CO[Si](OC)OCc1cc(C(F)(F)F)cc(C(F)(F)F)c1. The van der Waals surface area contributed by atoms with Gasteiger partial charge >= 0.3 is 21.9 Å². The molecule has 0 atom stereocenters. The lowest BCUT2D eigenvalue weighted by Gasteiger charge is -2.15. The Hall–Kier alpha value is -1.10. The zero-order chi connectivity index (χ0) is 16.3. The van der Waals surface area contributed by atoms with Gasteiger partial charge in [-0.25, -0.2) is 0 Å². The summed E-state index contributed by atoms with van der Waals surface area (Å²) in [6, 6.07) is 1.25. The van der Waals surface area contributed by atoms with Crippen molar-refractivity contribution in [1.82, 2.24) is 0 Å². The molecule has 0 amide bonds. The molecule has 0 spiro atoms. The lowest BCUT2D eigenvalue weighted by atomic mass is 10.1. The molecule has 1 aromatic carbocycles. The topological polar surface area (TPSA) is 27.7 Å². The van der Waals surface area contributed by atoms with Gasteiger partial charge in [-0.1, -0.05) is 0 Å². The van der Waals surface area contributed by atoms with Gasteiger partial charge in [0.1, 0.15) is 0 Å². The van der Waals surface area contributed by atoms with Crippen molar-refractivity contribution in [3.8, 4) is 0 Å². The molecule has 1 rings (SSSR count). The van der Waals surface area contributed by atoms with Crippen molar-refractivity contribution >= 4 is 9.53 Å². The van der Waals surface area contributed by atoms with Gasteiger partial charge in [0.2, 0.25) is 0 Å². The molecular weight excluding hydrogens is 322 g/mol. The van der Waals surface area contributed by atoms with Crippen LogP contribution in [0, 0.1) is 0 Å². The molecule has 1 aromatic rings. The first-order valence-electron chi connectivity index (χ1n) is 5.44. The van der Waals surface area contributed by atoms with E-state index >= 15 is 0 Å². The second-order valence-electron chi connectivity index (χ2n) is 3.86. The fourth-order valence-electron chi connectivity index (χ4n) is 1.45. The van der Waals surface area contributed by atoms with E-state index in [4.69, 9.17) is 13.3 Å². The molecule has 0 aromatic heterocycles. The molecule has 0 bridgehead atoms. The van der Waals surface area contributed by atoms with Crippen LogP contribution in [0.15, 0.2) is 18.2 Å². The number of benzene rings is 1. The van der Waals surface area contributed by atoms with E-state index in [9.17, 15) is 26.3 Å². The molecule has 10 heteroatoms. The van der Waals surface area contributed by atoms with Crippen molar-refractivity contribution in [3.63, 3.8) is 0 Å². The van der Waals surface area contributed by atoms with Crippen molar-refractivity contribution in [3.05, 3.63) is 34.9 Å². The van der Waals surface area contributed by atoms with Crippen molar-refractivity contribution in [1.29, 1.82) is 0 Å². The fraction of sp³-hybridized carbons (Fsp3) is 0.455. The Morgan fingerprint density at radius 1 is 0.857 bits per heavy atom. The Morgan fingerprint density at radius 3 is 1.62 bits per heavy atom. The quantitative estimate of drug-likeness (QED) is 0.610. The van der Waals surface area contributed by atoms with E-state index in [0.717, 1.165) is 0 Å². The van der Waals surface area contributed by atoms with E-state index in [1.807, 2.05) is 0 Å². The molecule has 0 saturated heterocycles. The predicted molar refractivity (Wildman–Crippen MR) is 61.0 cm³/mol. The Morgan fingerprint density at radius 2 is 1.29 bits per heavy atom. The molecule has 0 heterocycles. The van der Waals surface area contributed by atoms with E-state index in [1.165, 1.54) is 14.2 Å². The first kappa shape index (κ1) is 17.9. The van der Waals surface area contributed by atoms with Crippen LogP contribution in [0.2, 0.25) is 0 Å². The van der Waals surface area contributed by atoms with E-state index in [2.05, 4.69) is 0 Å². The van der Waals surface area contributed by atoms with Crippen molar-refractivity contribution in [2.24, 2.45) is 0 Å². The zero-order valence-corrected chi connectivity index (χ0v) is 11.9. The van der Waals surface area contributed by atoms with Gasteiger partial charge in [0.05, 0.1) is 17.7 Å². The average Bonchev–Trinajstić information content (AvgIpc) is 2.37. The Bertz CT molecular complexity index is 438. The second kappa shape index (κ2) is 6.77. The van der Waals surface area contributed by atoms with Gasteiger partial charge in [-0.2, -0.15) is 26.3 Å². The third-order valence-electron chi connectivity index (χ3n) is 2.34. The summed E-state index contributed by atoms with van der Waals surface area (Å²) in [5.74, 6) is 0. The number of alkyl halides is 6. The third-order valence-corrected chi connectivity index (χ3v) is 3.38. The van der Waals surface area contributed by atoms with Crippen LogP contribution in [0.5, 0.6) is 0 Å². The minimum atomic E-state index is -4.88. The highest BCUT2D eigenvalue weighted by molar-refractivity contribution is 6.36. The minimum absolute atomic E-state index is 0.0575. The predicted octanol–water partition coefficient (Wildman–Crippen LogP) is 3.52. The summed E-state index contributed by atoms with van der Waals surface area (Å²) in [5.41, 5.74) is -3.05. The summed E-state index contributed by atoms with van der Waals surface area (Å²) < 4.78 is 90.1. The highest BCUT2D eigenvalue weighted by Gasteiger charge is 2.37. The molecule has 21 heavy (non-hydrogen) atoms. The first-order valence-corrected chi connectivity index (χ1v) is 6.66. The smallest absolute Gasteiger partial charge is 0.375 e. The standard InChI is InChI=1S/C11H11F6O3Si/c1-18-21(19-2)20-6-7-3-8(10(12,13)14)5-9(4-7)11(15,16)17/h3-5H,6H2,1-2H3. The molecule has 0 aliphatic carbocycles. The molecule has 3 nitrogen and oxygen atoms in total. The van der Waals surface area contributed by atoms with Crippen LogP contribution in [-0.4, -0.2) is 23.7 Å². The molecule has 0 N–H and O–H groups in total. The highest BCUT2D eigenvalue weighted by atomic mass is 28.3. The Balaban J connectivity index is 3.08. The van der Waals surface area contributed by atoms with Gasteiger partial charge in [-0.3, -0.25) is 0 Å². The van der Waals surface area contributed by atoms with Crippen molar-refractivity contribution in [2.75, 3.05) is 14.2 Å². The number of rotatable bonds is 5. The van der Waals surface area contributed by atoms with Gasteiger partial charge in [0, 0.05) is 14.2 Å². The van der Waals surface area contributed by atoms with Crippen molar-refractivity contribution < 1.29 is 39.6 Å². The maximum Gasteiger partial charge on any atom is 0.577 e. The van der Waals surface area contributed by atoms with Crippen molar-refractivity contribution in [2.45, 2.75) is 19.0 Å². The fourth-order valence-corrected chi connectivity index (χ4v) is 2.13. The number of halogens is 6. The van der Waals surface area contributed by atoms with Gasteiger partial charge in [0.25, 0.3) is 0 Å². The van der Waals surface area contributed by atoms with Gasteiger partial charge in [0.15, 0.2) is 0 Å². The summed E-state index contributed by atoms with van der Waals surface area (Å²) >= 11 is 0. The number of hydrogen-bond acceptors (Lipinski definition) is 3. The highest BCUT2D eigenvalue weighted by Crippen LogP contribution is 2.36. The summed E-state index contributed by atoms with van der Waals surface area (Å²) in [7, 11) is 0.331. The normalized spacial score (nSPS) is 13.0. The largest absolute Gasteiger partial charge is 0.577 e. The molecule has 0 unspecified atom stereocenters. The van der Waals surface area contributed by atoms with Crippen LogP contribution in [0.25, 0.3) is 0 Å². The van der Waals surface area contributed by atoms with E-state index < -0.39 is 39.6 Å². The second-order valence-corrected chi connectivity index (χ2v) is 5.47. The van der Waals surface area contributed by atoms with Gasteiger partial charge < -0.3 is 13.3 Å². The summed E-state index contributed by atoms with van der Waals surface area (Å²) in [6.45, 7) is -0.483. The van der Waals surface area contributed by atoms with E-state index in [-0.39, 0.29) is 11.6 Å². The summed E-state index contributed by atoms with van der Waals surface area (Å²) in [6.07, 6.45) is -9.77. The Labute approximate surface area is 118 Å². The maximum absolute atomic E-state index is 12.6. The molecular formula is C11H11F6O3Si. The van der Waals surface area contributed by atoms with Crippen LogP contribution < -0.4 is 0 Å². The number of hydrogen-bond donors (Lipinski definition) is 0. The molecule has 119 valence electrons. The first-order chi connectivity index (χ1) is 9.57. The van der Waals surface area contributed by atoms with E-state index in [0.29, 0.717) is 12.1 Å². The molecule has 0 aliphatic rings. The minimum Gasteiger partial charge on any atom is -0.375 e. The zero-order valence-electron chi connectivity index (χ0n) is 10.9. The summed E-state index contributed by atoms with van der Waals surface area (Å²) in [5, 5.41) is 0. The molecule has 0 aliphatic heterocycles. The monoisotopic (exact) mass is 333 g/mol. The third kappa shape index (κ3) is 5.30. The molecule has 0 saturated carbocycles. The molecule has 1 radical (unpaired) electrons. The molecule has 0 fully saturated rings. The van der Waals surface area contributed by atoms with Crippen LogP contribution in [-0.2, 0) is 32.2 Å². The van der Waals surface area contributed by atoms with Crippen LogP contribution in [0.4, 0.5) is 26.3 Å². The lowest BCUT2D eigenvalue weighted by molar-refractivity contribution is -0.143. The van der Waals surface area contributed by atoms with E-state index in [1.54, 1.807) is 0 Å². The van der Waals surface area contributed by atoms with Crippen LogP contribution in [0.1, 0.15) is 16.7 Å². The Kier molecular flexibility index (Phi) is 5.79. The van der Waals surface area contributed by atoms with Crippen LogP contribution in [0.3, 0.4) is 0 Å². The maximum atomic E-state index is 12.6. The lowest BCUT2D eigenvalue weighted by Crippen LogP contribution is -2.23. The van der Waals surface area contributed by atoms with Crippen LogP contribution >= 0.6 is 0 Å². The van der Waals surface area contributed by atoms with Gasteiger partial charge in [-0.05, 0) is 23.8 Å².